The Kier molecular flexibility index (Phi) is 5.84. The fraction of sp³-hybridized carbons (Fsp3) is 0.278. The van der Waals surface area contributed by atoms with Crippen molar-refractivity contribution in [3.8, 4) is 0 Å². The van der Waals surface area contributed by atoms with Crippen molar-refractivity contribution >= 4 is 17.3 Å². The summed E-state index contributed by atoms with van der Waals surface area (Å²) >= 11 is 0. The SMILES string of the molecule is O=C(NCCC(O)C(O)c1cnc2[nH]c(=O)oc2c1)OCc1ccccc1. The van der Waals surface area contributed by atoms with E-state index < -0.39 is 24.1 Å². The number of aliphatic hydroxyl groups excluding tert-OH is 2. The number of oxazole rings is 1. The largest absolute Gasteiger partial charge is 0.445 e. The van der Waals surface area contributed by atoms with Gasteiger partial charge in [0.2, 0.25) is 0 Å². The van der Waals surface area contributed by atoms with E-state index in [-0.39, 0.29) is 30.8 Å². The number of benzene rings is 1. The zero-order chi connectivity index (χ0) is 19.2. The summed E-state index contributed by atoms with van der Waals surface area (Å²) in [5.41, 5.74) is 1.60. The average molecular weight is 373 g/mol. The van der Waals surface area contributed by atoms with Crippen LogP contribution in [-0.4, -0.2) is 38.9 Å². The number of carbonyl (C=O) groups is 1. The van der Waals surface area contributed by atoms with Crippen LogP contribution in [0.3, 0.4) is 0 Å². The van der Waals surface area contributed by atoms with Crippen LogP contribution in [0.5, 0.6) is 0 Å². The quantitative estimate of drug-likeness (QED) is 0.489. The Morgan fingerprint density at radius 1 is 1.30 bits per heavy atom. The number of carbonyl (C=O) groups excluding carboxylic acids is 1. The van der Waals surface area contributed by atoms with Gasteiger partial charge in [-0.2, -0.15) is 0 Å². The predicted octanol–water partition coefficient (Wildman–Crippen LogP) is 1.23. The lowest BCUT2D eigenvalue weighted by molar-refractivity contribution is 0.0135. The second-order valence-electron chi connectivity index (χ2n) is 5.92. The maximum absolute atomic E-state index is 11.7. The van der Waals surface area contributed by atoms with Crippen LogP contribution in [0.2, 0.25) is 0 Å². The van der Waals surface area contributed by atoms with E-state index in [0.717, 1.165) is 5.56 Å². The fourth-order valence-electron chi connectivity index (χ4n) is 2.49. The number of H-pyrrole nitrogens is 1. The topological polar surface area (TPSA) is 138 Å². The number of hydrogen-bond donors (Lipinski definition) is 4. The second-order valence-corrected chi connectivity index (χ2v) is 5.92. The molecule has 0 spiro atoms. The number of ether oxygens (including phenoxy) is 1. The number of pyridine rings is 1. The number of rotatable bonds is 7. The summed E-state index contributed by atoms with van der Waals surface area (Å²) in [5, 5.41) is 22.8. The highest BCUT2D eigenvalue weighted by atomic mass is 16.5. The minimum Gasteiger partial charge on any atom is -0.445 e. The molecule has 1 amide bonds. The van der Waals surface area contributed by atoms with Crippen molar-refractivity contribution in [2.75, 3.05) is 6.54 Å². The number of alkyl carbamates (subject to hydrolysis) is 1. The number of aromatic nitrogens is 2. The van der Waals surface area contributed by atoms with Crippen LogP contribution in [-0.2, 0) is 11.3 Å². The van der Waals surface area contributed by atoms with E-state index in [9.17, 15) is 19.8 Å². The summed E-state index contributed by atoms with van der Waals surface area (Å²) < 4.78 is 9.93. The van der Waals surface area contributed by atoms with Gasteiger partial charge in [0.1, 0.15) is 12.7 Å². The van der Waals surface area contributed by atoms with Crippen molar-refractivity contribution in [3.05, 3.63) is 64.3 Å². The van der Waals surface area contributed by atoms with Gasteiger partial charge in [-0.15, -0.1) is 0 Å². The molecule has 142 valence electrons. The molecule has 9 heteroatoms. The Morgan fingerprint density at radius 3 is 2.85 bits per heavy atom. The van der Waals surface area contributed by atoms with Crippen molar-refractivity contribution in [3.63, 3.8) is 0 Å². The van der Waals surface area contributed by atoms with E-state index in [1.165, 1.54) is 12.3 Å². The molecule has 0 aliphatic carbocycles. The standard InChI is InChI=1S/C18H19N3O6/c22-13(6-7-19-17(24)26-10-11-4-2-1-3-5-11)15(23)12-8-14-16(20-9-12)21-18(25)27-14/h1-5,8-9,13,15,22-23H,6-7,10H2,(H,19,24)(H,20,21,25). The summed E-state index contributed by atoms with van der Waals surface area (Å²) in [7, 11) is 0. The van der Waals surface area contributed by atoms with E-state index in [4.69, 9.17) is 9.15 Å². The average Bonchev–Trinajstić information content (AvgIpc) is 3.05. The summed E-state index contributed by atoms with van der Waals surface area (Å²) in [6, 6.07) is 10.7. The number of hydrogen-bond acceptors (Lipinski definition) is 7. The Balaban J connectivity index is 1.45. The molecule has 0 fully saturated rings. The number of nitrogens with zero attached hydrogens (tertiary/aromatic N) is 1. The number of amides is 1. The molecule has 0 aliphatic rings. The third-order valence-electron chi connectivity index (χ3n) is 3.93. The summed E-state index contributed by atoms with van der Waals surface area (Å²) in [4.78, 5) is 29.1. The molecule has 2 aromatic heterocycles. The first-order valence-electron chi connectivity index (χ1n) is 8.32. The Hall–Kier alpha value is -3.17. The van der Waals surface area contributed by atoms with Crippen LogP contribution in [0.1, 0.15) is 23.7 Å². The zero-order valence-electron chi connectivity index (χ0n) is 14.3. The van der Waals surface area contributed by atoms with Crippen LogP contribution in [0, 0.1) is 0 Å². The van der Waals surface area contributed by atoms with Crippen LogP contribution < -0.4 is 11.1 Å². The predicted molar refractivity (Wildman–Crippen MR) is 94.8 cm³/mol. The van der Waals surface area contributed by atoms with Crippen LogP contribution in [0.15, 0.2) is 51.8 Å². The van der Waals surface area contributed by atoms with Gasteiger partial charge in [-0.1, -0.05) is 30.3 Å². The molecule has 4 N–H and O–H groups in total. The molecule has 27 heavy (non-hydrogen) atoms. The van der Waals surface area contributed by atoms with Crippen LogP contribution in [0.25, 0.3) is 11.2 Å². The molecule has 2 heterocycles. The van der Waals surface area contributed by atoms with Gasteiger partial charge in [-0.05, 0) is 18.1 Å². The van der Waals surface area contributed by atoms with Crippen molar-refractivity contribution in [1.82, 2.24) is 15.3 Å². The van der Waals surface area contributed by atoms with Crippen LogP contribution >= 0.6 is 0 Å². The Labute approximate surface area is 153 Å². The number of aromatic amines is 1. The molecule has 3 rings (SSSR count). The Morgan fingerprint density at radius 2 is 2.07 bits per heavy atom. The minimum atomic E-state index is -1.25. The van der Waals surface area contributed by atoms with Gasteiger partial charge >= 0.3 is 11.8 Å². The molecule has 9 nitrogen and oxygen atoms in total. The minimum absolute atomic E-state index is 0.0940. The van der Waals surface area contributed by atoms with Gasteiger partial charge in [0, 0.05) is 18.3 Å². The first-order chi connectivity index (χ1) is 13.0. The van der Waals surface area contributed by atoms with Gasteiger partial charge in [0.15, 0.2) is 11.2 Å². The smallest absolute Gasteiger partial charge is 0.418 e. The van der Waals surface area contributed by atoms with E-state index >= 15 is 0 Å². The molecule has 0 aliphatic heterocycles. The fourth-order valence-corrected chi connectivity index (χ4v) is 2.49. The maximum Gasteiger partial charge on any atom is 0.418 e. The molecule has 2 atom stereocenters. The van der Waals surface area contributed by atoms with Gasteiger partial charge in [0.25, 0.3) is 0 Å². The Bertz CT molecular complexity index is 952. The summed E-state index contributed by atoms with van der Waals surface area (Å²) in [6.45, 7) is 0.256. The lowest BCUT2D eigenvalue weighted by Crippen LogP contribution is -2.29. The first kappa shape index (κ1) is 18.6. The summed E-state index contributed by atoms with van der Waals surface area (Å²) in [5.74, 6) is -0.650. The lowest BCUT2D eigenvalue weighted by atomic mass is 10.0. The molecule has 3 aromatic rings. The molecule has 0 saturated carbocycles. The van der Waals surface area contributed by atoms with Gasteiger partial charge in [-0.25, -0.2) is 14.6 Å². The molecule has 0 saturated heterocycles. The molecule has 2 unspecified atom stereocenters. The molecule has 1 aromatic carbocycles. The third-order valence-corrected chi connectivity index (χ3v) is 3.93. The number of fused-ring (bicyclic) bond motifs is 1. The molecular formula is C18H19N3O6. The third kappa shape index (κ3) is 4.93. The highest BCUT2D eigenvalue weighted by molar-refractivity contribution is 5.68. The van der Waals surface area contributed by atoms with Crippen molar-refractivity contribution < 1.29 is 24.2 Å². The lowest BCUT2D eigenvalue weighted by Gasteiger charge is -2.18. The van der Waals surface area contributed by atoms with Crippen molar-refractivity contribution in [2.24, 2.45) is 0 Å². The van der Waals surface area contributed by atoms with E-state index in [2.05, 4.69) is 15.3 Å². The zero-order valence-corrected chi connectivity index (χ0v) is 14.3. The van der Waals surface area contributed by atoms with Gasteiger partial charge in [0.05, 0.1) is 6.10 Å². The molecule has 0 radical (unpaired) electrons. The van der Waals surface area contributed by atoms with Crippen molar-refractivity contribution in [1.29, 1.82) is 0 Å². The second kappa shape index (κ2) is 8.47. The highest BCUT2D eigenvalue weighted by Gasteiger charge is 2.20. The maximum atomic E-state index is 11.7. The van der Waals surface area contributed by atoms with Gasteiger partial charge in [-0.3, -0.25) is 4.98 Å². The van der Waals surface area contributed by atoms with Gasteiger partial charge < -0.3 is 24.7 Å². The normalized spacial score (nSPS) is 13.3. The number of aliphatic hydroxyl groups is 2. The first-order valence-corrected chi connectivity index (χ1v) is 8.32. The van der Waals surface area contributed by atoms with Crippen LogP contribution in [0.4, 0.5) is 4.79 Å². The summed E-state index contributed by atoms with van der Waals surface area (Å²) in [6.07, 6.45) is -1.58. The number of nitrogens with one attached hydrogen (secondary N) is 2. The van der Waals surface area contributed by atoms with E-state index in [0.29, 0.717) is 5.56 Å². The van der Waals surface area contributed by atoms with Crippen molar-refractivity contribution in [2.45, 2.75) is 25.2 Å². The highest BCUT2D eigenvalue weighted by Crippen LogP contribution is 2.20. The van der Waals surface area contributed by atoms with E-state index in [1.807, 2.05) is 30.3 Å². The molecular weight excluding hydrogens is 354 g/mol. The molecule has 0 bridgehead atoms. The van der Waals surface area contributed by atoms with E-state index in [1.54, 1.807) is 0 Å². The monoisotopic (exact) mass is 373 g/mol.